The minimum atomic E-state index is -3.36. The van der Waals surface area contributed by atoms with Gasteiger partial charge in [0, 0.05) is 0 Å². The molecule has 1 atom stereocenters. The van der Waals surface area contributed by atoms with Crippen LogP contribution < -0.4 is 12.4 Å². The molecule has 0 aromatic carbocycles. The van der Waals surface area contributed by atoms with E-state index in [4.69, 9.17) is 4.52 Å². The highest BCUT2D eigenvalue weighted by molar-refractivity contribution is 7.53. The fourth-order valence-corrected chi connectivity index (χ4v) is 1.24. The van der Waals surface area contributed by atoms with Gasteiger partial charge in [0.05, 0.1) is 26.8 Å². The number of rotatable bonds is 5. The summed E-state index contributed by atoms with van der Waals surface area (Å²) >= 11 is 0. The SMILES string of the molecule is CC(C)P(=O)(O)OCC[N+](C)(C)C.[Cl-]. The zero-order chi connectivity index (χ0) is 10.7. The van der Waals surface area contributed by atoms with Crippen LogP contribution in [-0.2, 0) is 9.09 Å². The highest BCUT2D eigenvalue weighted by Crippen LogP contribution is 2.46. The third-order valence-electron chi connectivity index (χ3n) is 1.69. The average molecular weight is 246 g/mol. The smallest absolute Gasteiger partial charge is 0.330 e. The Hall–Kier alpha value is 0.400. The normalized spacial score (nSPS) is 16.2. The molecule has 0 bridgehead atoms. The van der Waals surface area contributed by atoms with Gasteiger partial charge in [-0.05, 0) is 0 Å². The lowest BCUT2D eigenvalue weighted by Crippen LogP contribution is -3.00. The quantitative estimate of drug-likeness (QED) is 0.464. The first-order valence-corrected chi connectivity index (χ1v) is 6.07. The molecular formula is C8H21ClNO3P. The fraction of sp³-hybridized carbons (Fsp3) is 1.00. The van der Waals surface area contributed by atoms with Gasteiger partial charge in [-0.1, -0.05) is 13.8 Å². The van der Waals surface area contributed by atoms with Gasteiger partial charge in [0.15, 0.2) is 0 Å². The summed E-state index contributed by atoms with van der Waals surface area (Å²) in [7, 11) is 2.68. The Morgan fingerprint density at radius 1 is 1.36 bits per heavy atom. The second-order valence-electron chi connectivity index (χ2n) is 4.51. The molecule has 0 fully saturated rings. The highest BCUT2D eigenvalue weighted by atomic mass is 35.5. The van der Waals surface area contributed by atoms with Crippen LogP contribution in [0.2, 0.25) is 0 Å². The van der Waals surface area contributed by atoms with Crippen molar-refractivity contribution in [3.05, 3.63) is 0 Å². The summed E-state index contributed by atoms with van der Waals surface area (Å²) in [6.07, 6.45) is 0. The van der Waals surface area contributed by atoms with E-state index in [1.54, 1.807) is 13.8 Å². The van der Waals surface area contributed by atoms with Gasteiger partial charge in [0.1, 0.15) is 13.2 Å². The van der Waals surface area contributed by atoms with Crippen molar-refractivity contribution in [3.63, 3.8) is 0 Å². The van der Waals surface area contributed by atoms with Gasteiger partial charge in [0.2, 0.25) is 0 Å². The van der Waals surface area contributed by atoms with Crippen molar-refractivity contribution >= 4 is 7.60 Å². The number of quaternary nitrogens is 1. The lowest BCUT2D eigenvalue weighted by atomic mass is 10.5. The van der Waals surface area contributed by atoms with Crippen LogP contribution in [0.3, 0.4) is 0 Å². The number of nitrogens with zero attached hydrogens (tertiary/aromatic N) is 1. The van der Waals surface area contributed by atoms with Gasteiger partial charge in [-0.25, -0.2) is 0 Å². The Balaban J connectivity index is 0. The molecule has 1 N–H and O–H groups in total. The molecule has 0 aliphatic carbocycles. The van der Waals surface area contributed by atoms with Gasteiger partial charge in [-0.15, -0.1) is 0 Å². The molecule has 88 valence electrons. The van der Waals surface area contributed by atoms with Crippen LogP contribution in [0.1, 0.15) is 13.8 Å². The molecule has 0 spiro atoms. The average Bonchev–Trinajstić information content (AvgIpc) is 1.82. The Kier molecular flexibility index (Phi) is 7.31. The zero-order valence-electron chi connectivity index (χ0n) is 9.53. The Morgan fingerprint density at radius 3 is 2.07 bits per heavy atom. The molecule has 0 aliphatic rings. The van der Waals surface area contributed by atoms with Crippen molar-refractivity contribution in [3.8, 4) is 0 Å². The second kappa shape index (κ2) is 6.09. The molecule has 0 amide bonds. The van der Waals surface area contributed by atoms with Gasteiger partial charge in [-0.3, -0.25) is 4.57 Å². The van der Waals surface area contributed by atoms with Crippen LogP contribution >= 0.6 is 7.60 Å². The summed E-state index contributed by atoms with van der Waals surface area (Å²) in [6.45, 7) is 4.44. The van der Waals surface area contributed by atoms with E-state index in [0.29, 0.717) is 6.61 Å². The van der Waals surface area contributed by atoms with Gasteiger partial charge < -0.3 is 26.3 Å². The van der Waals surface area contributed by atoms with E-state index >= 15 is 0 Å². The second-order valence-corrected chi connectivity index (χ2v) is 6.92. The molecule has 0 saturated carbocycles. The first-order chi connectivity index (χ1) is 5.65. The van der Waals surface area contributed by atoms with E-state index in [-0.39, 0.29) is 18.1 Å². The maximum Gasteiger partial charge on any atom is 0.330 e. The van der Waals surface area contributed by atoms with Crippen LogP contribution in [0.25, 0.3) is 0 Å². The molecule has 0 aliphatic heterocycles. The molecule has 14 heavy (non-hydrogen) atoms. The molecule has 1 unspecified atom stereocenters. The van der Waals surface area contributed by atoms with Crippen LogP contribution in [0.15, 0.2) is 0 Å². The monoisotopic (exact) mass is 245 g/mol. The van der Waals surface area contributed by atoms with Crippen LogP contribution in [-0.4, -0.2) is 49.3 Å². The van der Waals surface area contributed by atoms with Gasteiger partial charge in [0.25, 0.3) is 0 Å². The van der Waals surface area contributed by atoms with Gasteiger partial charge >= 0.3 is 7.60 Å². The molecule has 0 rings (SSSR count). The summed E-state index contributed by atoms with van der Waals surface area (Å²) in [4.78, 5) is 9.31. The van der Waals surface area contributed by atoms with Crippen LogP contribution in [0.4, 0.5) is 0 Å². The first kappa shape index (κ1) is 16.8. The van der Waals surface area contributed by atoms with E-state index < -0.39 is 7.60 Å². The van der Waals surface area contributed by atoms with Crippen molar-refractivity contribution in [2.75, 3.05) is 34.3 Å². The first-order valence-electron chi connectivity index (χ1n) is 4.42. The molecule has 0 saturated heterocycles. The summed E-state index contributed by atoms with van der Waals surface area (Å²) in [5, 5.41) is 0. The highest BCUT2D eigenvalue weighted by Gasteiger charge is 2.24. The number of hydrogen-bond donors (Lipinski definition) is 1. The van der Waals surface area contributed by atoms with Crippen molar-refractivity contribution in [1.29, 1.82) is 0 Å². The van der Waals surface area contributed by atoms with Crippen LogP contribution in [0.5, 0.6) is 0 Å². The van der Waals surface area contributed by atoms with Crippen LogP contribution in [0, 0.1) is 0 Å². The molecule has 0 heterocycles. The number of likely N-dealkylation sites (N-methyl/N-ethyl adjacent to an activating group) is 1. The van der Waals surface area contributed by atoms with E-state index in [0.717, 1.165) is 11.0 Å². The molecule has 0 aromatic rings. The molecule has 4 nitrogen and oxygen atoms in total. The van der Waals surface area contributed by atoms with Crippen molar-refractivity contribution in [1.82, 2.24) is 0 Å². The standard InChI is InChI=1S/C8H20NO3P.ClH/c1-8(2)13(10,11)12-7-6-9(3,4)5;/h8H,6-7H2,1-5H3;1H. The fourth-order valence-electron chi connectivity index (χ4n) is 0.595. The van der Waals surface area contributed by atoms with Crippen molar-refractivity contribution < 1.29 is 30.9 Å². The van der Waals surface area contributed by atoms with Gasteiger partial charge in [-0.2, -0.15) is 0 Å². The van der Waals surface area contributed by atoms with Crippen molar-refractivity contribution in [2.24, 2.45) is 0 Å². The van der Waals surface area contributed by atoms with Crippen molar-refractivity contribution in [2.45, 2.75) is 19.5 Å². The lowest BCUT2D eigenvalue weighted by Gasteiger charge is -2.24. The van der Waals surface area contributed by atoms with E-state index in [1.807, 2.05) is 21.1 Å². The number of halogens is 1. The minimum absolute atomic E-state index is 0. The molecule has 6 heteroatoms. The maximum atomic E-state index is 11.3. The Bertz CT molecular complexity index is 203. The summed E-state index contributed by atoms with van der Waals surface area (Å²) < 4.78 is 17.0. The topological polar surface area (TPSA) is 46.5 Å². The molecule has 0 radical (unpaired) electrons. The maximum absolute atomic E-state index is 11.3. The van der Waals surface area contributed by atoms with E-state index in [2.05, 4.69) is 0 Å². The number of hydrogen-bond acceptors (Lipinski definition) is 2. The van der Waals surface area contributed by atoms with E-state index in [9.17, 15) is 9.46 Å². The minimum Gasteiger partial charge on any atom is -1.00 e. The third-order valence-corrected chi connectivity index (χ3v) is 3.55. The molecular weight excluding hydrogens is 225 g/mol. The lowest BCUT2D eigenvalue weighted by molar-refractivity contribution is -0.870. The molecule has 0 aromatic heterocycles. The Labute approximate surface area is 92.8 Å². The zero-order valence-corrected chi connectivity index (χ0v) is 11.2. The Morgan fingerprint density at radius 2 is 1.79 bits per heavy atom. The summed E-state index contributed by atoms with van der Waals surface area (Å²) in [6, 6.07) is 0. The predicted octanol–water partition coefficient (Wildman–Crippen LogP) is -1.69. The van der Waals surface area contributed by atoms with E-state index in [1.165, 1.54) is 0 Å². The summed E-state index contributed by atoms with van der Waals surface area (Å²) in [5.74, 6) is 0. The summed E-state index contributed by atoms with van der Waals surface area (Å²) in [5.41, 5.74) is -0.319. The third kappa shape index (κ3) is 7.77. The largest absolute Gasteiger partial charge is 1.00 e. The predicted molar refractivity (Wildman–Crippen MR) is 53.8 cm³/mol.